The molecule has 0 bridgehead atoms. The lowest BCUT2D eigenvalue weighted by Gasteiger charge is -2.07. The molecule has 4 heteroatoms. The maximum Gasteiger partial charge on any atom is 0.132 e. The summed E-state index contributed by atoms with van der Waals surface area (Å²) < 4.78 is 0. The van der Waals surface area contributed by atoms with E-state index in [1.165, 1.54) is 12.8 Å². The molecule has 1 saturated carbocycles. The molecule has 82 valence electrons. The van der Waals surface area contributed by atoms with Gasteiger partial charge in [-0.1, -0.05) is 13.3 Å². The van der Waals surface area contributed by atoms with Crippen molar-refractivity contribution >= 4 is 11.6 Å². The third-order valence-corrected chi connectivity index (χ3v) is 2.87. The third-order valence-electron chi connectivity index (χ3n) is 2.87. The predicted molar refractivity (Wildman–Crippen MR) is 62.1 cm³/mol. The van der Waals surface area contributed by atoms with Crippen LogP contribution in [0.3, 0.4) is 0 Å². The minimum atomic E-state index is 0.619. The Bertz CT molecular complexity index is 350. The second-order valence-corrected chi connectivity index (χ2v) is 4.09. The highest BCUT2D eigenvalue weighted by molar-refractivity contribution is 5.48. The molecule has 15 heavy (non-hydrogen) atoms. The molecule has 0 amide bonds. The average Bonchev–Trinajstić information content (AvgIpc) is 2.95. The van der Waals surface area contributed by atoms with Crippen LogP contribution in [0.5, 0.6) is 0 Å². The summed E-state index contributed by atoms with van der Waals surface area (Å²) >= 11 is 0. The van der Waals surface area contributed by atoms with Crippen LogP contribution in [0.1, 0.15) is 25.6 Å². The van der Waals surface area contributed by atoms with Gasteiger partial charge in [0.25, 0.3) is 0 Å². The highest BCUT2D eigenvalue weighted by Gasteiger charge is 2.35. The minimum absolute atomic E-state index is 0.619. The molecule has 0 radical (unpaired) electrons. The highest BCUT2D eigenvalue weighted by Crippen LogP contribution is 2.35. The van der Waals surface area contributed by atoms with Gasteiger partial charge in [0.05, 0.1) is 0 Å². The van der Waals surface area contributed by atoms with E-state index < -0.39 is 0 Å². The van der Waals surface area contributed by atoms with Crippen molar-refractivity contribution < 1.29 is 0 Å². The lowest BCUT2D eigenvalue weighted by molar-refractivity contribution is 0.773. The zero-order valence-electron chi connectivity index (χ0n) is 9.54. The fourth-order valence-corrected chi connectivity index (χ4v) is 1.84. The molecule has 1 aromatic heterocycles. The Hall–Kier alpha value is -1.32. The van der Waals surface area contributed by atoms with E-state index in [9.17, 15) is 0 Å². The zero-order chi connectivity index (χ0) is 10.8. The van der Waals surface area contributed by atoms with Gasteiger partial charge in [0.2, 0.25) is 0 Å². The van der Waals surface area contributed by atoms with Gasteiger partial charge in [0.15, 0.2) is 0 Å². The van der Waals surface area contributed by atoms with Gasteiger partial charge in [-0.3, -0.25) is 0 Å². The van der Waals surface area contributed by atoms with Crippen LogP contribution in [0.2, 0.25) is 0 Å². The Morgan fingerprint density at radius 3 is 2.73 bits per heavy atom. The van der Waals surface area contributed by atoms with Crippen LogP contribution in [0.25, 0.3) is 0 Å². The molecule has 2 unspecified atom stereocenters. The second kappa shape index (κ2) is 4.04. The lowest BCUT2D eigenvalue weighted by atomic mass is 10.3. The number of hydrogen-bond acceptors (Lipinski definition) is 4. The number of nitrogens with zero attached hydrogens (tertiary/aromatic N) is 2. The molecule has 4 nitrogen and oxygen atoms in total. The van der Waals surface area contributed by atoms with Gasteiger partial charge in [-0.15, -0.1) is 0 Å². The van der Waals surface area contributed by atoms with E-state index in [2.05, 4.69) is 27.5 Å². The maximum atomic E-state index is 4.37. The predicted octanol–water partition coefficient (Wildman–Crippen LogP) is 2.04. The van der Waals surface area contributed by atoms with Gasteiger partial charge < -0.3 is 10.6 Å². The Morgan fingerprint density at radius 2 is 2.13 bits per heavy atom. The van der Waals surface area contributed by atoms with Crippen LogP contribution in [0.4, 0.5) is 11.6 Å². The Kier molecular flexibility index (Phi) is 2.75. The monoisotopic (exact) mass is 206 g/mol. The number of anilines is 2. The minimum Gasteiger partial charge on any atom is -0.373 e. The van der Waals surface area contributed by atoms with Crippen molar-refractivity contribution in [2.75, 3.05) is 17.7 Å². The van der Waals surface area contributed by atoms with Crippen molar-refractivity contribution in [2.45, 2.75) is 32.7 Å². The zero-order valence-corrected chi connectivity index (χ0v) is 9.54. The van der Waals surface area contributed by atoms with Gasteiger partial charge in [-0.2, -0.15) is 0 Å². The number of nitrogens with one attached hydrogen (secondary N) is 2. The molecule has 0 aliphatic heterocycles. The molecular formula is C11H18N4. The van der Waals surface area contributed by atoms with E-state index in [4.69, 9.17) is 0 Å². The highest BCUT2D eigenvalue weighted by atomic mass is 15.1. The maximum absolute atomic E-state index is 4.37. The third kappa shape index (κ3) is 2.37. The number of aromatic nitrogens is 2. The van der Waals surface area contributed by atoms with Gasteiger partial charge >= 0.3 is 0 Å². The molecule has 0 saturated heterocycles. The summed E-state index contributed by atoms with van der Waals surface area (Å²) in [4.78, 5) is 8.63. The molecule has 2 N–H and O–H groups in total. The van der Waals surface area contributed by atoms with E-state index in [0.717, 1.165) is 23.4 Å². The topological polar surface area (TPSA) is 49.8 Å². The van der Waals surface area contributed by atoms with Crippen molar-refractivity contribution in [3.63, 3.8) is 0 Å². The first-order valence-electron chi connectivity index (χ1n) is 5.53. The summed E-state index contributed by atoms with van der Waals surface area (Å²) in [7, 11) is 1.87. The van der Waals surface area contributed by atoms with Crippen LogP contribution < -0.4 is 10.6 Å². The van der Waals surface area contributed by atoms with Crippen molar-refractivity contribution in [3.05, 3.63) is 11.9 Å². The van der Waals surface area contributed by atoms with E-state index in [0.29, 0.717) is 6.04 Å². The van der Waals surface area contributed by atoms with Gasteiger partial charge in [-0.05, 0) is 19.3 Å². The largest absolute Gasteiger partial charge is 0.373 e. The quantitative estimate of drug-likeness (QED) is 0.791. The molecule has 0 aromatic carbocycles. The summed E-state index contributed by atoms with van der Waals surface area (Å²) in [6.45, 7) is 4.15. The fourth-order valence-electron chi connectivity index (χ4n) is 1.84. The summed E-state index contributed by atoms with van der Waals surface area (Å²) in [6.07, 6.45) is 2.52. The molecule has 1 fully saturated rings. The van der Waals surface area contributed by atoms with E-state index in [1.54, 1.807) is 0 Å². The fraction of sp³-hybridized carbons (Fsp3) is 0.636. The molecule has 0 spiro atoms. The van der Waals surface area contributed by atoms with Crippen LogP contribution in [0.15, 0.2) is 6.07 Å². The molecule has 2 rings (SSSR count). The first-order valence-corrected chi connectivity index (χ1v) is 5.53. The molecule has 1 aliphatic rings. The van der Waals surface area contributed by atoms with Crippen LogP contribution in [0, 0.1) is 12.8 Å². The summed E-state index contributed by atoms with van der Waals surface area (Å²) in [5.74, 6) is 3.45. The standard InChI is InChI=1S/C11H18N4/c1-4-8-5-9(8)15-11-6-10(12-3)13-7(2)14-11/h6,8-9H,4-5H2,1-3H3,(H2,12,13,14,15). The van der Waals surface area contributed by atoms with Crippen molar-refractivity contribution in [1.29, 1.82) is 0 Å². The smallest absolute Gasteiger partial charge is 0.132 e. The summed E-state index contributed by atoms with van der Waals surface area (Å²) in [5, 5.41) is 6.48. The molecule has 1 aromatic rings. The number of rotatable bonds is 4. The molecule has 2 atom stereocenters. The number of hydrogen-bond donors (Lipinski definition) is 2. The van der Waals surface area contributed by atoms with Crippen molar-refractivity contribution in [3.8, 4) is 0 Å². The Morgan fingerprint density at radius 1 is 1.40 bits per heavy atom. The normalized spacial score (nSPS) is 23.7. The summed E-state index contributed by atoms with van der Waals surface area (Å²) in [6, 6.07) is 2.58. The summed E-state index contributed by atoms with van der Waals surface area (Å²) in [5.41, 5.74) is 0. The van der Waals surface area contributed by atoms with Gasteiger partial charge in [0, 0.05) is 19.2 Å². The van der Waals surface area contributed by atoms with Crippen molar-refractivity contribution in [1.82, 2.24) is 9.97 Å². The number of aryl methyl sites for hydroxylation is 1. The lowest BCUT2D eigenvalue weighted by Crippen LogP contribution is -2.08. The Labute approximate surface area is 90.5 Å². The molecular weight excluding hydrogens is 188 g/mol. The van der Waals surface area contributed by atoms with E-state index >= 15 is 0 Å². The van der Waals surface area contributed by atoms with Gasteiger partial charge in [0.1, 0.15) is 17.5 Å². The van der Waals surface area contributed by atoms with Crippen molar-refractivity contribution in [2.24, 2.45) is 5.92 Å². The molecule has 1 heterocycles. The van der Waals surface area contributed by atoms with Crippen LogP contribution in [-0.4, -0.2) is 23.1 Å². The Balaban J connectivity index is 2.05. The van der Waals surface area contributed by atoms with Gasteiger partial charge in [-0.25, -0.2) is 9.97 Å². The molecule has 1 aliphatic carbocycles. The van der Waals surface area contributed by atoms with E-state index in [1.807, 2.05) is 20.0 Å². The van der Waals surface area contributed by atoms with E-state index in [-0.39, 0.29) is 0 Å². The first kappa shape index (κ1) is 10.2. The SMILES string of the molecule is CCC1CC1Nc1cc(NC)nc(C)n1. The van der Waals surface area contributed by atoms with Crippen LogP contribution in [-0.2, 0) is 0 Å². The average molecular weight is 206 g/mol. The second-order valence-electron chi connectivity index (χ2n) is 4.09. The first-order chi connectivity index (χ1) is 7.22. The van der Waals surface area contributed by atoms with Crippen LogP contribution >= 0.6 is 0 Å².